The minimum atomic E-state index is -0.351. The molecule has 0 aliphatic heterocycles. The number of carbonyl (C=O) groups excluding carboxylic acids is 1. The van der Waals surface area contributed by atoms with Crippen LogP contribution < -0.4 is 5.69 Å². The number of benzene rings is 1. The zero-order valence-electron chi connectivity index (χ0n) is 11.3. The van der Waals surface area contributed by atoms with Crippen molar-refractivity contribution in [2.75, 3.05) is 6.61 Å². The Hall–Kier alpha value is -1.60. The SMILES string of the molecule is CCOC(=O)CCn1c(Br)nn(-c2ccc(Cl)cc2)c1=O. The van der Waals surface area contributed by atoms with Gasteiger partial charge in [0.05, 0.1) is 18.7 Å². The van der Waals surface area contributed by atoms with E-state index in [4.69, 9.17) is 16.3 Å². The molecule has 0 bridgehead atoms. The van der Waals surface area contributed by atoms with Crippen molar-refractivity contribution < 1.29 is 9.53 Å². The maximum atomic E-state index is 12.3. The van der Waals surface area contributed by atoms with E-state index in [1.165, 1.54) is 9.25 Å². The number of aromatic nitrogens is 3. The summed E-state index contributed by atoms with van der Waals surface area (Å²) >= 11 is 9.04. The van der Waals surface area contributed by atoms with Crippen LogP contribution in [0.5, 0.6) is 0 Å². The Morgan fingerprint density at radius 1 is 1.38 bits per heavy atom. The van der Waals surface area contributed by atoms with Crippen molar-refractivity contribution in [1.29, 1.82) is 0 Å². The van der Waals surface area contributed by atoms with E-state index in [0.29, 0.717) is 22.1 Å². The molecule has 0 radical (unpaired) electrons. The number of carbonyl (C=O) groups is 1. The van der Waals surface area contributed by atoms with Crippen molar-refractivity contribution in [3.8, 4) is 5.69 Å². The average Bonchev–Trinajstić information content (AvgIpc) is 2.73. The average molecular weight is 375 g/mol. The van der Waals surface area contributed by atoms with Gasteiger partial charge in [0.1, 0.15) is 0 Å². The highest BCUT2D eigenvalue weighted by Gasteiger charge is 2.14. The molecule has 0 atom stereocenters. The molecule has 21 heavy (non-hydrogen) atoms. The quantitative estimate of drug-likeness (QED) is 0.754. The second-order valence-electron chi connectivity index (χ2n) is 4.15. The molecule has 1 aromatic heterocycles. The Morgan fingerprint density at radius 2 is 2.05 bits per heavy atom. The van der Waals surface area contributed by atoms with Gasteiger partial charge in [0, 0.05) is 11.6 Å². The molecule has 1 heterocycles. The number of halogens is 2. The second-order valence-corrected chi connectivity index (χ2v) is 5.29. The summed E-state index contributed by atoms with van der Waals surface area (Å²) in [5, 5.41) is 4.70. The number of esters is 1. The molecule has 0 N–H and O–H groups in total. The van der Waals surface area contributed by atoms with E-state index < -0.39 is 0 Å². The van der Waals surface area contributed by atoms with Crippen LogP contribution in [0.3, 0.4) is 0 Å². The van der Waals surface area contributed by atoms with Crippen LogP contribution in [0.4, 0.5) is 0 Å². The molecule has 0 amide bonds. The van der Waals surface area contributed by atoms with E-state index in [1.54, 1.807) is 31.2 Å². The molecule has 112 valence electrons. The highest BCUT2D eigenvalue weighted by Crippen LogP contribution is 2.13. The molecular weight excluding hydrogens is 362 g/mol. The van der Waals surface area contributed by atoms with Crippen LogP contribution in [0.25, 0.3) is 5.69 Å². The summed E-state index contributed by atoms with van der Waals surface area (Å²) in [5.74, 6) is -0.351. The lowest BCUT2D eigenvalue weighted by Gasteiger charge is -2.02. The van der Waals surface area contributed by atoms with Crippen LogP contribution in [0.1, 0.15) is 13.3 Å². The summed E-state index contributed by atoms with van der Waals surface area (Å²) < 4.78 is 7.80. The fraction of sp³-hybridized carbons (Fsp3) is 0.308. The number of nitrogens with zero attached hydrogens (tertiary/aromatic N) is 3. The van der Waals surface area contributed by atoms with Gasteiger partial charge in [-0.15, -0.1) is 5.10 Å². The molecule has 0 aliphatic rings. The van der Waals surface area contributed by atoms with Gasteiger partial charge in [0.25, 0.3) is 0 Å². The topological polar surface area (TPSA) is 66.1 Å². The van der Waals surface area contributed by atoms with E-state index in [2.05, 4.69) is 21.0 Å². The monoisotopic (exact) mass is 373 g/mol. The third-order valence-electron chi connectivity index (χ3n) is 2.73. The van der Waals surface area contributed by atoms with Gasteiger partial charge in [0.15, 0.2) is 0 Å². The molecule has 1 aromatic carbocycles. The summed E-state index contributed by atoms with van der Waals surface area (Å²) in [6.45, 7) is 2.25. The van der Waals surface area contributed by atoms with E-state index >= 15 is 0 Å². The summed E-state index contributed by atoms with van der Waals surface area (Å²) in [5.41, 5.74) is 0.258. The van der Waals surface area contributed by atoms with Crippen molar-refractivity contribution in [2.45, 2.75) is 19.9 Å². The van der Waals surface area contributed by atoms with Crippen LogP contribution in [0, 0.1) is 0 Å². The van der Waals surface area contributed by atoms with Gasteiger partial charge in [-0.1, -0.05) is 11.6 Å². The van der Waals surface area contributed by atoms with Crippen LogP contribution in [0.2, 0.25) is 5.02 Å². The molecule has 0 fully saturated rings. The van der Waals surface area contributed by atoms with Crippen LogP contribution in [-0.4, -0.2) is 26.9 Å². The van der Waals surface area contributed by atoms with Gasteiger partial charge < -0.3 is 4.74 Å². The van der Waals surface area contributed by atoms with Crippen molar-refractivity contribution in [1.82, 2.24) is 14.3 Å². The summed E-state index contributed by atoms with van der Waals surface area (Å²) in [4.78, 5) is 23.7. The standard InChI is InChI=1S/C13H13BrClN3O3/c1-2-21-11(19)7-8-17-12(14)16-18(13(17)20)10-5-3-9(15)4-6-10/h3-6H,2,7-8H2,1H3. The fourth-order valence-corrected chi connectivity index (χ4v) is 2.36. The number of rotatable bonds is 5. The Bertz CT molecular complexity index is 694. The third kappa shape index (κ3) is 3.74. The predicted molar refractivity (Wildman–Crippen MR) is 81.8 cm³/mol. The highest BCUT2D eigenvalue weighted by atomic mass is 79.9. The Labute approximate surface area is 134 Å². The molecule has 0 saturated heterocycles. The van der Waals surface area contributed by atoms with Crippen LogP contribution in [0.15, 0.2) is 33.8 Å². The highest BCUT2D eigenvalue weighted by molar-refractivity contribution is 9.10. The van der Waals surface area contributed by atoms with Crippen molar-refractivity contribution >= 4 is 33.5 Å². The molecule has 8 heteroatoms. The summed E-state index contributed by atoms with van der Waals surface area (Å²) in [6, 6.07) is 6.74. The maximum Gasteiger partial charge on any atom is 0.351 e. The van der Waals surface area contributed by atoms with E-state index in [9.17, 15) is 9.59 Å². The molecule has 2 rings (SSSR count). The normalized spacial score (nSPS) is 10.6. The number of hydrogen-bond acceptors (Lipinski definition) is 4. The van der Waals surface area contributed by atoms with Crippen molar-refractivity contribution in [3.05, 3.63) is 44.5 Å². The van der Waals surface area contributed by atoms with E-state index in [-0.39, 0.29) is 24.6 Å². The molecule has 0 saturated carbocycles. The largest absolute Gasteiger partial charge is 0.466 e. The van der Waals surface area contributed by atoms with Crippen molar-refractivity contribution in [2.24, 2.45) is 0 Å². The van der Waals surface area contributed by atoms with Crippen LogP contribution in [-0.2, 0) is 16.1 Å². The zero-order valence-corrected chi connectivity index (χ0v) is 13.6. The molecular formula is C13H13BrClN3O3. The van der Waals surface area contributed by atoms with Crippen LogP contribution >= 0.6 is 27.5 Å². The first kappa shape index (κ1) is 15.8. The molecule has 0 spiro atoms. The Balaban J connectivity index is 2.23. The maximum absolute atomic E-state index is 12.3. The molecule has 0 aliphatic carbocycles. The van der Waals surface area contributed by atoms with E-state index in [0.717, 1.165) is 0 Å². The van der Waals surface area contributed by atoms with Crippen molar-refractivity contribution in [3.63, 3.8) is 0 Å². The summed E-state index contributed by atoms with van der Waals surface area (Å²) in [6.07, 6.45) is 0.110. The lowest BCUT2D eigenvalue weighted by atomic mass is 10.3. The Morgan fingerprint density at radius 3 is 2.67 bits per heavy atom. The smallest absolute Gasteiger partial charge is 0.351 e. The first-order valence-electron chi connectivity index (χ1n) is 6.30. The lowest BCUT2D eigenvalue weighted by molar-refractivity contribution is -0.143. The van der Waals surface area contributed by atoms with Gasteiger partial charge >= 0.3 is 11.7 Å². The van der Waals surface area contributed by atoms with Gasteiger partial charge in [-0.05, 0) is 47.1 Å². The van der Waals surface area contributed by atoms with Gasteiger partial charge in [-0.2, -0.15) is 4.68 Å². The lowest BCUT2D eigenvalue weighted by Crippen LogP contribution is -2.25. The minimum absolute atomic E-state index is 0.110. The first-order chi connectivity index (χ1) is 10.0. The first-order valence-corrected chi connectivity index (χ1v) is 7.47. The number of hydrogen-bond donors (Lipinski definition) is 0. The zero-order chi connectivity index (χ0) is 15.4. The van der Waals surface area contributed by atoms with Gasteiger partial charge in [-0.3, -0.25) is 9.36 Å². The molecule has 2 aromatic rings. The Kier molecular flexibility index (Phi) is 5.19. The molecule has 0 unspecified atom stereocenters. The number of ether oxygens (including phenoxy) is 1. The van der Waals surface area contributed by atoms with Gasteiger partial charge in [0.2, 0.25) is 4.73 Å². The third-order valence-corrected chi connectivity index (χ3v) is 3.57. The van der Waals surface area contributed by atoms with Gasteiger partial charge in [-0.25, -0.2) is 4.79 Å². The minimum Gasteiger partial charge on any atom is -0.466 e. The summed E-state index contributed by atoms with van der Waals surface area (Å²) in [7, 11) is 0. The fourth-order valence-electron chi connectivity index (χ4n) is 1.75. The second kappa shape index (κ2) is 6.91. The predicted octanol–water partition coefficient (Wildman–Crippen LogP) is 2.40. The van der Waals surface area contributed by atoms with E-state index in [1.807, 2.05) is 0 Å². The molecule has 6 nitrogen and oxygen atoms in total.